The molecule has 0 aliphatic heterocycles. The van der Waals surface area contributed by atoms with Gasteiger partial charge >= 0.3 is 6.18 Å². The molecule has 1 heterocycles. The first kappa shape index (κ1) is 26.1. The van der Waals surface area contributed by atoms with Gasteiger partial charge in [-0.25, -0.2) is 9.98 Å². The van der Waals surface area contributed by atoms with Crippen LogP contribution in [0.3, 0.4) is 0 Å². The molecule has 0 atom stereocenters. The topological polar surface area (TPSA) is 69.6 Å². The lowest BCUT2D eigenvalue weighted by Gasteiger charge is -2.14. The number of alkyl halides is 3. The molecule has 0 spiro atoms. The van der Waals surface area contributed by atoms with E-state index in [4.69, 9.17) is 0 Å². The van der Waals surface area contributed by atoms with Crippen LogP contribution >= 0.6 is 35.3 Å². The van der Waals surface area contributed by atoms with Crippen molar-refractivity contribution >= 4 is 47.2 Å². The van der Waals surface area contributed by atoms with Crippen molar-refractivity contribution in [1.82, 2.24) is 20.5 Å². The number of thiazole rings is 1. The van der Waals surface area contributed by atoms with Crippen molar-refractivity contribution < 1.29 is 18.0 Å². The molecule has 2 rings (SSSR count). The second-order valence-corrected chi connectivity index (χ2v) is 7.63. The monoisotopic (exact) mass is 555 g/mol. The summed E-state index contributed by atoms with van der Waals surface area (Å²) in [5.41, 5.74) is -0.298. The Morgan fingerprint density at radius 2 is 2.00 bits per heavy atom. The summed E-state index contributed by atoms with van der Waals surface area (Å²) >= 11 is 1.57. The van der Waals surface area contributed by atoms with Crippen molar-refractivity contribution in [3.63, 3.8) is 0 Å². The quantitative estimate of drug-likeness (QED) is 0.311. The number of aromatic nitrogens is 1. The number of hydrogen-bond donors (Lipinski definition) is 2. The number of halogens is 4. The molecule has 1 aromatic heterocycles. The molecular weight excluding hydrogens is 530 g/mol. The lowest BCUT2D eigenvalue weighted by Crippen LogP contribution is -2.42. The van der Waals surface area contributed by atoms with Crippen LogP contribution in [0, 0.1) is 0 Å². The van der Waals surface area contributed by atoms with Gasteiger partial charge in [0, 0.05) is 25.2 Å². The fourth-order valence-electron chi connectivity index (χ4n) is 2.26. The Balaban J connectivity index is 0.00000450. The zero-order valence-corrected chi connectivity index (χ0v) is 20.1. The van der Waals surface area contributed by atoms with E-state index in [1.807, 2.05) is 13.1 Å². The molecule has 6 nitrogen and oxygen atoms in total. The van der Waals surface area contributed by atoms with Crippen LogP contribution < -0.4 is 10.6 Å². The Hall–Kier alpha value is -1.89. The molecule has 0 aliphatic rings. The number of aryl methyl sites for hydroxylation is 1. The average molecular weight is 555 g/mol. The standard InChI is InChI=1S/C19H24F3N5OS.HI/c1-4-15-10-23-16(29-15)11-25-18(26-12-17(28)27(2)3)24-9-13-6-5-7-14(8-13)19(20,21)22;/h5-8,10H,4,9,11-12H2,1-3H3,(H2,24,25,26);1H. The number of benzene rings is 1. The van der Waals surface area contributed by atoms with Crippen LogP contribution in [0.1, 0.15) is 27.9 Å². The summed E-state index contributed by atoms with van der Waals surface area (Å²) in [5.74, 6) is 0.173. The van der Waals surface area contributed by atoms with Crippen LogP contribution in [0.2, 0.25) is 0 Å². The van der Waals surface area contributed by atoms with E-state index in [9.17, 15) is 18.0 Å². The molecule has 1 aromatic carbocycles. The molecule has 2 N–H and O–H groups in total. The summed E-state index contributed by atoms with van der Waals surface area (Å²) in [6, 6.07) is 5.02. The van der Waals surface area contributed by atoms with Gasteiger partial charge in [0.15, 0.2) is 5.96 Å². The number of rotatable bonds is 7. The second kappa shape index (κ2) is 12.1. The molecule has 30 heavy (non-hydrogen) atoms. The van der Waals surface area contributed by atoms with E-state index in [2.05, 4.69) is 20.6 Å². The number of carbonyl (C=O) groups excluding carboxylic acids is 1. The van der Waals surface area contributed by atoms with Crippen molar-refractivity contribution in [3.8, 4) is 0 Å². The van der Waals surface area contributed by atoms with Gasteiger partial charge in [0.25, 0.3) is 0 Å². The van der Waals surface area contributed by atoms with Gasteiger partial charge in [-0.15, -0.1) is 35.3 Å². The summed E-state index contributed by atoms with van der Waals surface area (Å²) < 4.78 is 38.6. The van der Waals surface area contributed by atoms with Gasteiger partial charge in [0.05, 0.1) is 25.2 Å². The maximum atomic E-state index is 12.9. The molecule has 0 unspecified atom stereocenters. The van der Waals surface area contributed by atoms with Crippen molar-refractivity contribution in [2.24, 2.45) is 4.99 Å². The minimum Gasteiger partial charge on any atom is -0.350 e. The zero-order chi connectivity index (χ0) is 21.4. The largest absolute Gasteiger partial charge is 0.416 e. The van der Waals surface area contributed by atoms with Crippen LogP contribution in [0.15, 0.2) is 35.5 Å². The number of amides is 1. The van der Waals surface area contributed by atoms with E-state index < -0.39 is 11.7 Å². The number of hydrogen-bond acceptors (Lipinski definition) is 4. The van der Waals surface area contributed by atoms with Crippen LogP contribution in [0.4, 0.5) is 13.2 Å². The third kappa shape index (κ3) is 8.46. The SMILES string of the molecule is CCc1cnc(CNC(=NCc2cccc(C(F)(F)F)c2)NCC(=O)N(C)C)s1.I. The number of carbonyl (C=O) groups is 1. The minimum atomic E-state index is -4.40. The summed E-state index contributed by atoms with van der Waals surface area (Å²) in [7, 11) is 3.28. The highest BCUT2D eigenvalue weighted by molar-refractivity contribution is 14.0. The molecule has 11 heteroatoms. The molecule has 0 radical (unpaired) electrons. The summed E-state index contributed by atoms with van der Waals surface area (Å²) in [5, 5.41) is 6.84. The summed E-state index contributed by atoms with van der Waals surface area (Å²) in [6.07, 6.45) is -1.70. The maximum Gasteiger partial charge on any atom is 0.416 e. The number of nitrogens with zero attached hydrogens (tertiary/aromatic N) is 3. The zero-order valence-electron chi connectivity index (χ0n) is 16.9. The van der Waals surface area contributed by atoms with Crippen LogP contribution in [-0.2, 0) is 30.5 Å². The third-order valence-electron chi connectivity index (χ3n) is 3.94. The first-order valence-corrected chi connectivity index (χ1v) is 9.82. The van der Waals surface area contributed by atoms with E-state index in [-0.39, 0.29) is 43.0 Å². The second-order valence-electron chi connectivity index (χ2n) is 6.43. The van der Waals surface area contributed by atoms with Gasteiger partial charge in [-0.1, -0.05) is 19.1 Å². The molecule has 0 aliphatic carbocycles. The van der Waals surface area contributed by atoms with Crippen LogP contribution in [0.5, 0.6) is 0 Å². The summed E-state index contributed by atoms with van der Waals surface area (Å²) in [4.78, 5) is 23.1. The number of guanidine groups is 1. The van der Waals surface area contributed by atoms with E-state index in [0.717, 1.165) is 28.4 Å². The first-order chi connectivity index (χ1) is 13.7. The molecule has 0 fully saturated rings. The predicted molar refractivity (Wildman–Crippen MR) is 123 cm³/mol. The van der Waals surface area contributed by atoms with E-state index in [1.54, 1.807) is 31.5 Å². The Kier molecular flexibility index (Phi) is 10.5. The molecule has 0 saturated carbocycles. The van der Waals surface area contributed by atoms with Crippen LogP contribution in [-0.4, -0.2) is 42.4 Å². The van der Waals surface area contributed by atoms with E-state index in [0.29, 0.717) is 18.1 Å². The van der Waals surface area contributed by atoms with Gasteiger partial charge in [-0.05, 0) is 24.1 Å². The Labute approximate surface area is 195 Å². The Morgan fingerprint density at radius 1 is 1.27 bits per heavy atom. The highest BCUT2D eigenvalue weighted by atomic mass is 127. The van der Waals surface area contributed by atoms with Crippen molar-refractivity contribution in [2.45, 2.75) is 32.6 Å². The minimum absolute atomic E-state index is 0. The molecule has 0 saturated heterocycles. The Bertz CT molecular complexity index is 855. The average Bonchev–Trinajstić information content (AvgIpc) is 3.14. The Morgan fingerprint density at radius 3 is 2.60 bits per heavy atom. The molecular formula is C19H25F3IN5OS. The number of aliphatic imine (C=N–C) groups is 1. The normalized spacial score (nSPS) is 11.6. The molecule has 1 amide bonds. The van der Waals surface area contributed by atoms with Gasteiger partial charge in [-0.3, -0.25) is 4.79 Å². The number of likely N-dealkylation sites (N-methyl/N-ethyl adjacent to an activating group) is 1. The first-order valence-electron chi connectivity index (χ1n) is 9.01. The lowest BCUT2D eigenvalue weighted by atomic mass is 10.1. The van der Waals surface area contributed by atoms with Gasteiger partial charge < -0.3 is 15.5 Å². The summed E-state index contributed by atoms with van der Waals surface area (Å²) in [6.45, 7) is 2.49. The maximum absolute atomic E-state index is 12.9. The smallest absolute Gasteiger partial charge is 0.350 e. The third-order valence-corrected chi connectivity index (χ3v) is 5.08. The van der Waals surface area contributed by atoms with Gasteiger partial charge in [-0.2, -0.15) is 13.2 Å². The van der Waals surface area contributed by atoms with E-state index in [1.165, 1.54) is 11.0 Å². The fourth-order valence-corrected chi connectivity index (χ4v) is 3.06. The lowest BCUT2D eigenvalue weighted by molar-refractivity contribution is -0.137. The van der Waals surface area contributed by atoms with Gasteiger partial charge in [0.1, 0.15) is 5.01 Å². The van der Waals surface area contributed by atoms with Crippen molar-refractivity contribution in [2.75, 3.05) is 20.6 Å². The highest BCUT2D eigenvalue weighted by Gasteiger charge is 2.30. The van der Waals surface area contributed by atoms with Crippen molar-refractivity contribution in [3.05, 3.63) is 51.5 Å². The molecule has 166 valence electrons. The molecule has 0 bridgehead atoms. The number of nitrogens with one attached hydrogen (secondary N) is 2. The van der Waals surface area contributed by atoms with E-state index >= 15 is 0 Å². The fraction of sp³-hybridized carbons (Fsp3) is 0.421. The van der Waals surface area contributed by atoms with Crippen LogP contribution in [0.25, 0.3) is 0 Å². The predicted octanol–water partition coefficient (Wildman–Crippen LogP) is 3.67. The van der Waals surface area contributed by atoms with Gasteiger partial charge in [0.2, 0.25) is 5.91 Å². The highest BCUT2D eigenvalue weighted by Crippen LogP contribution is 2.29. The van der Waals surface area contributed by atoms with Crippen molar-refractivity contribution in [1.29, 1.82) is 0 Å². The molecule has 2 aromatic rings.